The number of rotatable bonds is 7. The van der Waals surface area contributed by atoms with Crippen LogP contribution in [0.2, 0.25) is 5.02 Å². The summed E-state index contributed by atoms with van der Waals surface area (Å²) in [6.45, 7) is 0.663. The van der Waals surface area contributed by atoms with Crippen molar-refractivity contribution >= 4 is 23.4 Å². The van der Waals surface area contributed by atoms with Crippen LogP contribution in [0.5, 0.6) is 6.01 Å². The lowest BCUT2D eigenvalue weighted by atomic mass is 10.1. The van der Waals surface area contributed by atoms with Gasteiger partial charge in [-0.15, -0.1) is 0 Å². The van der Waals surface area contributed by atoms with Gasteiger partial charge in [-0.3, -0.25) is 0 Å². The van der Waals surface area contributed by atoms with Crippen LogP contribution in [0.1, 0.15) is 15.9 Å². The van der Waals surface area contributed by atoms with E-state index in [1.165, 1.54) is 13.2 Å². The van der Waals surface area contributed by atoms with Crippen molar-refractivity contribution in [2.75, 3.05) is 19.0 Å². The highest BCUT2D eigenvalue weighted by molar-refractivity contribution is 6.30. The molecule has 6 nitrogen and oxygen atoms in total. The smallest absolute Gasteiger partial charge is 0.335 e. The number of nitrogens with zero attached hydrogens (tertiary/aromatic N) is 2. The number of carboxylic acid groups (broad SMARTS) is 1. The monoisotopic (exact) mass is 383 g/mol. The summed E-state index contributed by atoms with van der Waals surface area (Å²) < 4.78 is 5.18. The molecule has 7 heteroatoms. The zero-order chi connectivity index (χ0) is 19.2. The van der Waals surface area contributed by atoms with Crippen LogP contribution >= 0.6 is 11.6 Å². The van der Waals surface area contributed by atoms with Gasteiger partial charge >= 0.3 is 12.0 Å². The van der Waals surface area contributed by atoms with Crippen molar-refractivity contribution in [2.45, 2.75) is 6.42 Å². The molecule has 1 heterocycles. The number of anilines is 1. The van der Waals surface area contributed by atoms with Gasteiger partial charge in [-0.2, -0.15) is 9.97 Å². The quantitative estimate of drug-likeness (QED) is 0.637. The van der Waals surface area contributed by atoms with Crippen LogP contribution in [0.25, 0.3) is 11.3 Å². The minimum Gasteiger partial charge on any atom is -0.478 e. The van der Waals surface area contributed by atoms with E-state index in [1.807, 2.05) is 24.3 Å². The Labute approximate surface area is 161 Å². The zero-order valence-electron chi connectivity index (χ0n) is 14.6. The lowest BCUT2D eigenvalue weighted by Gasteiger charge is -2.10. The van der Waals surface area contributed by atoms with Crippen LogP contribution in [0.15, 0.2) is 54.6 Å². The first kappa shape index (κ1) is 18.7. The van der Waals surface area contributed by atoms with Gasteiger partial charge in [0.1, 0.15) is 5.82 Å². The molecule has 0 fully saturated rings. The summed E-state index contributed by atoms with van der Waals surface area (Å²) in [7, 11) is 1.49. The van der Waals surface area contributed by atoms with Gasteiger partial charge in [0.25, 0.3) is 0 Å². The first-order valence-electron chi connectivity index (χ1n) is 8.30. The molecule has 3 aromatic rings. The van der Waals surface area contributed by atoms with E-state index in [9.17, 15) is 9.90 Å². The largest absolute Gasteiger partial charge is 0.478 e. The Morgan fingerprint density at radius 2 is 1.93 bits per heavy atom. The van der Waals surface area contributed by atoms with Gasteiger partial charge in [-0.25, -0.2) is 4.79 Å². The predicted molar refractivity (Wildman–Crippen MR) is 105 cm³/mol. The van der Waals surface area contributed by atoms with Crippen LogP contribution in [-0.2, 0) is 6.42 Å². The average molecular weight is 384 g/mol. The normalized spacial score (nSPS) is 10.4. The fourth-order valence-corrected chi connectivity index (χ4v) is 2.68. The summed E-state index contributed by atoms with van der Waals surface area (Å²) >= 11 is 5.90. The van der Waals surface area contributed by atoms with Crippen molar-refractivity contribution in [3.63, 3.8) is 0 Å². The van der Waals surface area contributed by atoms with Gasteiger partial charge in [-0.1, -0.05) is 35.9 Å². The number of hydrogen-bond donors (Lipinski definition) is 2. The van der Waals surface area contributed by atoms with Gasteiger partial charge in [0, 0.05) is 23.2 Å². The first-order valence-corrected chi connectivity index (χ1v) is 8.68. The van der Waals surface area contributed by atoms with Crippen LogP contribution < -0.4 is 10.1 Å². The molecule has 1 aromatic heterocycles. The zero-order valence-corrected chi connectivity index (χ0v) is 15.4. The second kappa shape index (κ2) is 8.51. The number of hydrogen-bond acceptors (Lipinski definition) is 5. The van der Waals surface area contributed by atoms with Crippen molar-refractivity contribution in [3.05, 3.63) is 70.7 Å². The van der Waals surface area contributed by atoms with Crippen molar-refractivity contribution in [1.82, 2.24) is 9.97 Å². The van der Waals surface area contributed by atoms with E-state index in [-0.39, 0.29) is 11.6 Å². The molecule has 0 unspecified atom stereocenters. The van der Waals surface area contributed by atoms with E-state index in [2.05, 4.69) is 15.3 Å². The molecule has 0 atom stereocenters. The third kappa shape index (κ3) is 4.95. The number of aromatic carboxylic acids is 1. The molecule has 2 N–H and O–H groups in total. The number of aromatic nitrogens is 2. The molecular weight excluding hydrogens is 366 g/mol. The molecule has 0 radical (unpaired) electrons. The topological polar surface area (TPSA) is 84.3 Å². The molecule has 138 valence electrons. The van der Waals surface area contributed by atoms with Crippen molar-refractivity contribution < 1.29 is 14.6 Å². The lowest BCUT2D eigenvalue weighted by Crippen LogP contribution is -2.08. The van der Waals surface area contributed by atoms with E-state index in [0.29, 0.717) is 28.6 Å². The average Bonchev–Trinajstić information content (AvgIpc) is 2.69. The van der Waals surface area contributed by atoms with Crippen LogP contribution in [0, 0.1) is 0 Å². The number of benzene rings is 2. The number of carbonyl (C=O) groups is 1. The molecule has 0 saturated heterocycles. The molecule has 0 saturated carbocycles. The van der Waals surface area contributed by atoms with Gasteiger partial charge in [0.05, 0.1) is 18.4 Å². The molecule has 0 spiro atoms. The Morgan fingerprint density at radius 3 is 2.63 bits per heavy atom. The Hall–Kier alpha value is -3.12. The maximum absolute atomic E-state index is 11.2. The van der Waals surface area contributed by atoms with Gasteiger partial charge < -0.3 is 15.2 Å². The molecular formula is C20H18ClN3O3. The van der Waals surface area contributed by atoms with E-state index in [0.717, 1.165) is 12.0 Å². The first-order chi connectivity index (χ1) is 13.0. The maximum Gasteiger partial charge on any atom is 0.335 e. The van der Waals surface area contributed by atoms with E-state index >= 15 is 0 Å². The summed E-state index contributed by atoms with van der Waals surface area (Å²) in [5.74, 6) is -0.384. The summed E-state index contributed by atoms with van der Waals surface area (Å²) in [6, 6.07) is 16.2. The summed E-state index contributed by atoms with van der Waals surface area (Å²) in [4.78, 5) is 19.8. The highest BCUT2D eigenvalue weighted by Gasteiger charge is 2.10. The van der Waals surface area contributed by atoms with Crippen molar-refractivity contribution in [3.8, 4) is 17.3 Å². The number of nitrogens with one attached hydrogen (secondary N) is 1. The van der Waals surface area contributed by atoms with Gasteiger partial charge in [-0.05, 0) is 36.2 Å². The summed E-state index contributed by atoms with van der Waals surface area (Å²) in [6.07, 6.45) is 0.799. The van der Waals surface area contributed by atoms with E-state index in [4.69, 9.17) is 16.3 Å². The Kier molecular flexibility index (Phi) is 5.88. The van der Waals surface area contributed by atoms with Crippen LogP contribution in [0.3, 0.4) is 0 Å². The minimum absolute atomic E-state index is 0.197. The molecule has 2 aromatic carbocycles. The van der Waals surface area contributed by atoms with E-state index < -0.39 is 5.97 Å². The van der Waals surface area contributed by atoms with Crippen molar-refractivity contribution in [1.29, 1.82) is 0 Å². The number of methoxy groups -OCH3 is 1. The molecule has 0 aliphatic carbocycles. The Balaban J connectivity index is 1.78. The molecule has 0 aliphatic heterocycles. The molecule has 27 heavy (non-hydrogen) atoms. The molecule has 3 rings (SSSR count). The maximum atomic E-state index is 11.2. The van der Waals surface area contributed by atoms with Crippen LogP contribution in [-0.4, -0.2) is 34.7 Å². The van der Waals surface area contributed by atoms with E-state index in [1.54, 1.807) is 24.3 Å². The van der Waals surface area contributed by atoms with Gasteiger partial charge in [0.15, 0.2) is 0 Å². The summed E-state index contributed by atoms with van der Waals surface area (Å²) in [5, 5.41) is 13.1. The Bertz CT molecular complexity index is 945. The fourth-order valence-electron chi connectivity index (χ4n) is 2.55. The van der Waals surface area contributed by atoms with Gasteiger partial charge in [0.2, 0.25) is 0 Å². The van der Waals surface area contributed by atoms with Crippen molar-refractivity contribution in [2.24, 2.45) is 0 Å². The second-order valence-electron chi connectivity index (χ2n) is 5.81. The highest BCUT2D eigenvalue weighted by Crippen LogP contribution is 2.23. The number of halogens is 1. The molecule has 0 amide bonds. The number of ether oxygens (including phenoxy) is 1. The minimum atomic E-state index is -0.987. The third-order valence-corrected chi connectivity index (χ3v) is 4.18. The second-order valence-corrected chi connectivity index (χ2v) is 6.25. The summed E-state index contributed by atoms with van der Waals surface area (Å²) in [5.41, 5.74) is 2.61. The molecule has 0 bridgehead atoms. The van der Waals surface area contributed by atoms with Crippen LogP contribution in [0.4, 0.5) is 5.82 Å². The lowest BCUT2D eigenvalue weighted by molar-refractivity contribution is 0.0697. The highest BCUT2D eigenvalue weighted by atomic mass is 35.5. The standard InChI is InChI=1S/C20H18ClN3O3/c1-27-20-23-17(14-3-2-4-15(11-14)19(25)26)12-18(24-20)22-10-9-13-5-7-16(21)8-6-13/h2-8,11-12H,9-10H2,1H3,(H,25,26)(H,22,23,24). The Morgan fingerprint density at radius 1 is 1.15 bits per heavy atom. The predicted octanol–water partition coefficient (Wildman–Crippen LogP) is 4.16. The number of carboxylic acids is 1. The fraction of sp³-hybridized carbons (Fsp3) is 0.150. The SMILES string of the molecule is COc1nc(NCCc2ccc(Cl)cc2)cc(-c2cccc(C(=O)O)c2)n1. The molecule has 0 aliphatic rings. The third-order valence-electron chi connectivity index (χ3n) is 3.93.